The quantitative estimate of drug-likeness (QED) is 0.930. The maximum atomic E-state index is 10.1. The molecule has 1 unspecified atom stereocenters. The van der Waals surface area contributed by atoms with Gasteiger partial charge in [0.1, 0.15) is 0 Å². The summed E-state index contributed by atoms with van der Waals surface area (Å²) in [6.07, 6.45) is 0.941. The van der Waals surface area contributed by atoms with Crippen molar-refractivity contribution in [3.8, 4) is 0 Å². The van der Waals surface area contributed by atoms with E-state index in [0.29, 0.717) is 12.8 Å². The van der Waals surface area contributed by atoms with Crippen molar-refractivity contribution in [2.45, 2.75) is 32.8 Å². The first-order valence-electron chi connectivity index (χ1n) is 5.90. The van der Waals surface area contributed by atoms with Gasteiger partial charge in [0.05, 0.1) is 16.8 Å². The van der Waals surface area contributed by atoms with Crippen LogP contribution in [0.1, 0.15) is 21.1 Å². The molecule has 1 aromatic heterocycles. The average molecular weight is 326 g/mol. The summed E-state index contributed by atoms with van der Waals surface area (Å²) in [7, 11) is 0. The Labute approximate surface area is 120 Å². The number of hydrogen-bond donors (Lipinski definition) is 1. The van der Waals surface area contributed by atoms with Crippen molar-refractivity contribution >= 4 is 27.3 Å². The number of halogens is 1. The summed E-state index contributed by atoms with van der Waals surface area (Å²) in [5.74, 6) is 0. The largest absolute Gasteiger partial charge is 0.392 e. The van der Waals surface area contributed by atoms with Gasteiger partial charge in [-0.25, -0.2) is 4.98 Å². The van der Waals surface area contributed by atoms with Gasteiger partial charge in [0.15, 0.2) is 0 Å². The van der Waals surface area contributed by atoms with E-state index in [9.17, 15) is 5.11 Å². The van der Waals surface area contributed by atoms with Crippen LogP contribution >= 0.6 is 27.3 Å². The first-order chi connectivity index (χ1) is 8.54. The fourth-order valence-corrected chi connectivity index (χ4v) is 3.06. The van der Waals surface area contributed by atoms with Crippen LogP contribution in [0.4, 0.5) is 0 Å². The van der Waals surface area contributed by atoms with Gasteiger partial charge in [0.2, 0.25) is 0 Å². The second-order valence-electron chi connectivity index (χ2n) is 4.44. The maximum absolute atomic E-state index is 10.1. The molecule has 1 aromatic carbocycles. The van der Waals surface area contributed by atoms with Crippen molar-refractivity contribution in [2.24, 2.45) is 0 Å². The lowest BCUT2D eigenvalue weighted by molar-refractivity contribution is 0.175. The van der Waals surface area contributed by atoms with Crippen LogP contribution in [0.2, 0.25) is 0 Å². The van der Waals surface area contributed by atoms with E-state index in [0.717, 1.165) is 20.7 Å². The van der Waals surface area contributed by atoms with Gasteiger partial charge in [0.25, 0.3) is 0 Å². The number of aromatic nitrogens is 1. The SMILES string of the molecule is Cc1nc(CC(O)Cc2ccc(Br)cc2)sc1C. The number of benzene rings is 1. The van der Waals surface area contributed by atoms with Crippen molar-refractivity contribution in [1.29, 1.82) is 0 Å². The molecule has 18 heavy (non-hydrogen) atoms. The molecular formula is C14H16BrNOS. The van der Waals surface area contributed by atoms with Crippen molar-refractivity contribution in [1.82, 2.24) is 4.98 Å². The third kappa shape index (κ3) is 3.64. The number of nitrogens with zero attached hydrogens (tertiary/aromatic N) is 1. The van der Waals surface area contributed by atoms with Gasteiger partial charge >= 0.3 is 0 Å². The first kappa shape index (κ1) is 13.7. The molecule has 1 atom stereocenters. The van der Waals surface area contributed by atoms with Crippen LogP contribution in [0, 0.1) is 13.8 Å². The molecule has 2 nitrogen and oxygen atoms in total. The molecule has 96 valence electrons. The molecule has 4 heteroatoms. The van der Waals surface area contributed by atoms with E-state index >= 15 is 0 Å². The Kier molecular flexibility index (Phi) is 4.54. The van der Waals surface area contributed by atoms with E-state index < -0.39 is 0 Å². The van der Waals surface area contributed by atoms with Crippen LogP contribution in [0.25, 0.3) is 0 Å². The van der Waals surface area contributed by atoms with Gasteiger partial charge in [-0.2, -0.15) is 0 Å². The Morgan fingerprint density at radius 2 is 1.89 bits per heavy atom. The lowest BCUT2D eigenvalue weighted by Crippen LogP contribution is -2.13. The summed E-state index contributed by atoms with van der Waals surface area (Å²) >= 11 is 5.08. The molecule has 2 aromatic rings. The number of rotatable bonds is 4. The highest BCUT2D eigenvalue weighted by Crippen LogP contribution is 2.19. The van der Waals surface area contributed by atoms with E-state index in [2.05, 4.69) is 27.8 Å². The van der Waals surface area contributed by atoms with Gasteiger partial charge in [0, 0.05) is 15.8 Å². The van der Waals surface area contributed by atoms with Crippen molar-refractivity contribution in [3.63, 3.8) is 0 Å². The van der Waals surface area contributed by atoms with Gasteiger partial charge in [-0.1, -0.05) is 28.1 Å². The molecule has 0 aliphatic heterocycles. The van der Waals surface area contributed by atoms with Gasteiger partial charge in [-0.3, -0.25) is 0 Å². The number of aliphatic hydroxyl groups excluding tert-OH is 1. The molecule has 0 amide bonds. The Bertz CT molecular complexity index is 502. The van der Waals surface area contributed by atoms with Crippen LogP contribution in [0.5, 0.6) is 0 Å². The molecule has 0 aliphatic rings. The number of hydrogen-bond acceptors (Lipinski definition) is 3. The highest BCUT2D eigenvalue weighted by Gasteiger charge is 2.11. The molecule has 1 N–H and O–H groups in total. The fourth-order valence-electron chi connectivity index (χ4n) is 1.79. The zero-order valence-corrected chi connectivity index (χ0v) is 12.9. The summed E-state index contributed by atoms with van der Waals surface area (Å²) in [6, 6.07) is 8.07. The predicted octanol–water partition coefficient (Wildman–Crippen LogP) is 3.67. The molecule has 2 rings (SSSR count). The third-order valence-electron chi connectivity index (χ3n) is 2.87. The summed E-state index contributed by atoms with van der Waals surface area (Å²) < 4.78 is 1.06. The predicted molar refractivity (Wildman–Crippen MR) is 79.1 cm³/mol. The molecular weight excluding hydrogens is 310 g/mol. The Morgan fingerprint density at radius 1 is 1.22 bits per heavy atom. The molecule has 0 aliphatic carbocycles. The lowest BCUT2D eigenvalue weighted by atomic mass is 10.1. The molecule has 0 fully saturated rings. The average Bonchev–Trinajstić information content (AvgIpc) is 2.61. The number of aryl methyl sites for hydroxylation is 2. The molecule has 0 bridgehead atoms. The standard InChI is InChI=1S/C14H16BrNOS/c1-9-10(2)18-14(16-9)8-13(17)7-11-3-5-12(15)6-4-11/h3-6,13,17H,7-8H2,1-2H3. The maximum Gasteiger partial charge on any atom is 0.0956 e. The van der Waals surface area contributed by atoms with Gasteiger partial charge in [-0.15, -0.1) is 11.3 Å². The van der Waals surface area contributed by atoms with E-state index in [1.807, 2.05) is 31.2 Å². The zero-order valence-electron chi connectivity index (χ0n) is 10.5. The topological polar surface area (TPSA) is 33.1 Å². The summed E-state index contributed by atoms with van der Waals surface area (Å²) in [6.45, 7) is 4.08. The number of aliphatic hydroxyl groups is 1. The highest BCUT2D eigenvalue weighted by atomic mass is 79.9. The second kappa shape index (κ2) is 5.95. The summed E-state index contributed by atoms with van der Waals surface area (Å²) in [4.78, 5) is 5.69. The monoisotopic (exact) mass is 325 g/mol. The Morgan fingerprint density at radius 3 is 2.44 bits per heavy atom. The van der Waals surface area contributed by atoms with Crippen molar-refractivity contribution < 1.29 is 5.11 Å². The minimum absolute atomic E-state index is 0.365. The molecule has 0 spiro atoms. The van der Waals surface area contributed by atoms with Crippen molar-refractivity contribution in [2.75, 3.05) is 0 Å². The fraction of sp³-hybridized carbons (Fsp3) is 0.357. The highest BCUT2D eigenvalue weighted by molar-refractivity contribution is 9.10. The summed E-state index contributed by atoms with van der Waals surface area (Å²) in [5.41, 5.74) is 2.22. The normalized spacial score (nSPS) is 12.7. The molecule has 0 saturated heterocycles. The van der Waals surface area contributed by atoms with Crippen molar-refractivity contribution in [3.05, 3.63) is 49.9 Å². The zero-order chi connectivity index (χ0) is 13.1. The van der Waals surface area contributed by atoms with Crippen LogP contribution < -0.4 is 0 Å². The minimum atomic E-state index is -0.365. The third-order valence-corrected chi connectivity index (χ3v) is 4.49. The molecule has 1 heterocycles. The van der Waals surface area contributed by atoms with E-state index in [1.165, 1.54) is 4.88 Å². The molecule has 0 radical (unpaired) electrons. The molecule has 0 saturated carbocycles. The first-order valence-corrected chi connectivity index (χ1v) is 7.51. The van der Waals surface area contributed by atoms with E-state index in [4.69, 9.17) is 0 Å². The van der Waals surface area contributed by atoms with Crippen LogP contribution in [-0.2, 0) is 12.8 Å². The van der Waals surface area contributed by atoms with E-state index in [-0.39, 0.29) is 6.10 Å². The lowest BCUT2D eigenvalue weighted by Gasteiger charge is -2.08. The van der Waals surface area contributed by atoms with Crippen LogP contribution in [0.15, 0.2) is 28.7 Å². The van der Waals surface area contributed by atoms with E-state index in [1.54, 1.807) is 11.3 Å². The van der Waals surface area contributed by atoms with Crippen LogP contribution in [-0.4, -0.2) is 16.2 Å². The smallest absolute Gasteiger partial charge is 0.0956 e. The minimum Gasteiger partial charge on any atom is -0.392 e. The Hall–Kier alpha value is -0.710. The van der Waals surface area contributed by atoms with Gasteiger partial charge < -0.3 is 5.11 Å². The van der Waals surface area contributed by atoms with Crippen LogP contribution in [0.3, 0.4) is 0 Å². The summed E-state index contributed by atoms with van der Waals surface area (Å²) in [5, 5.41) is 11.1. The second-order valence-corrected chi connectivity index (χ2v) is 6.64. The number of thiazole rings is 1. The Balaban J connectivity index is 1.96. The van der Waals surface area contributed by atoms with Gasteiger partial charge in [-0.05, 0) is 38.0 Å².